The van der Waals surface area contributed by atoms with Crippen molar-refractivity contribution in [2.24, 2.45) is 0 Å². The fourth-order valence-electron chi connectivity index (χ4n) is 2.38. The summed E-state index contributed by atoms with van der Waals surface area (Å²) in [5.74, 6) is -0.224. The molecule has 1 amide bonds. The van der Waals surface area contributed by atoms with Crippen LogP contribution in [0, 0.1) is 11.3 Å². The van der Waals surface area contributed by atoms with E-state index in [1.165, 1.54) is 17.8 Å². The van der Waals surface area contributed by atoms with E-state index in [4.69, 9.17) is 0 Å². The van der Waals surface area contributed by atoms with Crippen molar-refractivity contribution in [2.75, 3.05) is 0 Å². The molecule has 0 aliphatic heterocycles. The molecule has 96 valence electrons. The van der Waals surface area contributed by atoms with Gasteiger partial charge >= 0.3 is 0 Å². The number of carbonyl (C=O) groups excluding carboxylic acids is 1. The molecule has 1 heterocycles. The minimum Gasteiger partial charge on any atom is -0.332 e. The summed E-state index contributed by atoms with van der Waals surface area (Å²) in [5, 5.41) is 14.0. The van der Waals surface area contributed by atoms with Crippen molar-refractivity contribution >= 4 is 17.2 Å². The summed E-state index contributed by atoms with van der Waals surface area (Å²) in [5.41, 5.74) is 1.35. The summed E-state index contributed by atoms with van der Waals surface area (Å²) in [4.78, 5) is 16.0. The highest BCUT2D eigenvalue weighted by atomic mass is 32.1. The SMILES string of the molecule is N#CC1(NC(=O)c2cscn2)CCCCCCC1. The van der Waals surface area contributed by atoms with E-state index >= 15 is 0 Å². The second-order valence-electron chi connectivity index (χ2n) is 4.79. The maximum atomic E-state index is 12.0. The van der Waals surface area contributed by atoms with Gasteiger partial charge in [-0.1, -0.05) is 32.1 Å². The number of nitriles is 1. The molecule has 1 N–H and O–H groups in total. The zero-order valence-electron chi connectivity index (χ0n) is 10.3. The van der Waals surface area contributed by atoms with E-state index in [0.29, 0.717) is 5.69 Å². The molecule has 1 saturated carbocycles. The first-order valence-electron chi connectivity index (χ1n) is 6.38. The number of hydrogen-bond donors (Lipinski definition) is 1. The maximum absolute atomic E-state index is 12.0. The molecule has 4 nitrogen and oxygen atoms in total. The first-order chi connectivity index (χ1) is 8.76. The normalized spacial score (nSPS) is 19.3. The smallest absolute Gasteiger partial charge is 0.271 e. The second-order valence-corrected chi connectivity index (χ2v) is 5.51. The minimum atomic E-state index is -0.693. The van der Waals surface area contributed by atoms with E-state index in [2.05, 4.69) is 16.4 Å². The third-order valence-electron chi connectivity index (χ3n) is 3.44. The summed E-state index contributed by atoms with van der Waals surface area (Å²) >= 11 is 1.39. The number of amides is 1. The molecule has 0 atom stereocenters. The zero-order valence-corrected chi connectivity index (χ0v) is 11.1. The summed E-state index contributed by atoms with van der Waals surface area (Å²) < 4.78 is 0. The topological polar surface area (TPSA) is 65.8 Å². The van der Waals surface area contributed by atoms with Crippen molar-refractivity contribution < 1.29 is 4.79 Å². The second kappa shape index (κ2) is 5.96. The van der Waals surface area contributed by atoms with Crippen molar-refractivity contribution in [3.63, 3.8) is 0 Å². The van der Waals surface area contributed by atoms with Gasteiger partial charge in [0.15, 0.2) is 0 Å². The lowest BCUT2D eigenvalue weighted by Gasteiger charge is -2.29. The Kier molecular flexibility index (Phi) is 4.32. The van der Waals surface area contributed by atoms with Crippen LogP contribution in [-0.4, -0.2) is 16.4 Å². The monoisotopic (exact) mass is 263 g/mol. The highest BCUT2D eigenvalue weighted by molar-refractivity contribution is 7.07. The Labute approximate surface area is 111 Å². The number of carbonyl (C=O) groups is 1. The first-order valence-corrected chi connectivity index (χ1v) is 7.32. The minimum absolute atomic E-state index is 0.224. The van der Waals surface area contributed by atoms with E-state index in [9.17, 15) is 10.1 Å². The quantitative estimate of drug-likeness (QED) is 0.892. The van der Waals surface area contributed by atoms with Crippen LogP contribution < -0.4 is 5.32 Å². The lowest BCUT2D eigenvalue weighted by molar-refractivity contribution is 0.0903. The molecule has 0 spiro atoms. The van der Waals surface area contributed by atoms with E-state index < -0.39 is 5.54 Å². The van der Waals surface area contributed by atoms with Gasteiger partial charge in [-0.2, -0.15) is 5.26 Å². The molecule has 0 aromatic carbocycles. The number of aromatic nitrogens is 1. The highest BCUT2D eigenvalue weighted by Crippen LogP contribution is 2.26. The third-order valence-corrected chi connectivity index (χ3v) is 4.03. The predicted octanol–water partition coefficient (Wildman–Crippen LogP) is 2.88. The molecule has 1 fully saturated rings. The zero-order chi connectivity index (χ0) is 12.8. The van der Waals surface area contributed by atoms with Crippen LogP contribution in [0.25, 0.3) is 0 Å². The third kappa shape index (κ3) is 3.08. The summed E-state index contributed by atoms with van der Waals surface area (Å²) in [6.07, 6.45) is 7.04. The molecular formula is C13H17N3OS. The number of thiazole rings is 1. The van der Waals surface area contributed by atoms with Crippen molar-refractivity contribution in [1.29, 1.82) is 5.26 Å². The Bertz CT molecular complexity index is 428. The predicted molar refractivity (Wildman–Crippen MR) is 70.2 cm³/mol. The highest BCUT2D eigenvalue weighted by Gasteiger charge is 2.32. The molecule has 0 bridgehead atoms. The molecule has 1 aromatic heterocycles. The molecule has 0 saturated heterocycles. The Hall–Kier alpha value is -1.41. The van der Waals surface area contributed by atoms with Crippen molar-refractivity contribution in [3.05, 3.63) is 16.6 Å². The largest absolute Gasteiger partial charge is 0.332 e. The fourth-order valence-corrected chi connectivity index (χ4v) is 2.91. The van der Waals surface area contributed by atoms with Crippen molar-refractivity contribution in [3.8, 4) is 6.07 Å². The average Bonchev–Trinajstić information content (AvgIpc) is 2.86. The number of nitrogens with zero attached hydrogens (tertiary/aromatic N) is 2. The van der Waals surface area contributed by atoms with Gasteiger partial charge in [0.05, 0.1) is 11.6 Å². The summed E-state index contributed by atoms with van der Waals surface area (Å²) in [6.45, 7) is 0. The molecule has 1 aromatic rings. The molecule has 0 radical (unpaired) electrons. The standard InChI is InChI=1S/C13H17N3OS/c14-9-13(6-4-2-1-3-5-7-13)16-12(17)11-8-18-10-15-11/h8,10H,1-7H2,(H,16,17). The molecule has 5 heteroatoms. The van der Waals surface area contributed by atoms with E-state index in [1.807, 2.05) is 0 Å². The van der Waals surface area contributed by atoms with Gasteiger partial charge in [0, 0.05) is 5.38 Å². The van der Waals surface area contributed by atoms with Gasteiger partial charge in [0.25, 0.3) is 5.91 Å². The van der Waals surface area contributed by atoms with Gasteiger partial charge in [-0.3, -0.25) is 4.79 Å². The van der Waals surface area contributed by atoms with Gasteiger partial charge in [-0.15, -0.1) is 11.3 Å². The fraction of sp³-hybridized carbons (Fsp3) is 0.615. The van der Waals surface area contributed by atoms with Crippen LogP contribution in [0.2, 0.25) is 0 Å². The van der Waals surface area contributed by atoms with Gasteiger partial charge in [0.2, 0.25) is 0 Å². The number of rotatable bonds is 2. The molecule has 18 heavy (non-hydrogen) atoms. The van der Waals surface area contributed by atoms with E-state index in [-0.39, 0.29) is 5.91 Å². The van der Waals surface area contributed by atoms with Crippen LogP contribution in [-0.2, 0) is 0 Å². The average molecular weight is 263 g/mol. The van der Waals surface area contributed by atoms with E-state index in [1.54, 1.807) is 10.9 Å². The Balaban J connectivity index is 2.07. The Morgan fingerprint density at radius 3 is 2.56 bits per heavy atom. The molecular weight excluding hydrogens is 246 g/mol. The summed E-state index contributed by atoms with van der Waals surface area (Å²) in [6, 6.07) is 2.32. The van der Waals surface area contributed by atoms with Crippen LogP contribution in [0.15, 0.2) is 10.9 Å². The van der Waals surface area contributed by atoms with Crippen molar-refractivity contribution in [1.82, 2.24) is 10.3 Å². The Morgan fingerprint density at radius 1 is 1.33 bits per heavy atom. The van der Waals surface area contributed by atoms with Crippen LogP contribution in [0.5, 0.6) is 0 Å². The van der Waals surface area contributed by atoms with Crippen LogP contribution >= 0.6 is 11.3 Å². The van der Waals surface area contributed by atoms with Gasteiger partial charge < -0.3 is 5.32 Å². The van der Waals surface area contributed by atoms with Crippen LogP contribution in [0.1, 0.15) is 55.4 Å². The number of nitrogens with one attached hydrogen (secondary N) is 1. The first kappa shape index (κ1) is 13.0. The van der Waals surface area contributed by atoms with Crippen LogP contribution in [0.4, 0.5) is 0 Å². The lowest BCUT2D eigenvalue weighted by Crippen LogP contribution is -2.47. The molecule has 0 unspecified atom stereocenters. The molecule has 2 rings (SSSR count). The lowest BCUT2D eigenvalue weighted by atomic mass is 9.85. The van der Waals surface area contributed by atoms with Gasteiger partial charge in [-0.25, -0.2) is 4.98 Å². The van der Waals surface area contributed by atoms with Gasteiger partial charge in [-0.05, 0) is 12.8 Å². The van der Waals surface area contributed by atoms with Crippen LogP contribution in [0.3, 0.4) is 0 Å². The van der Waals surface area contributed by atoms with Crippen molar-refractivity contribution in [2.45, 2.75) is 50.5 Å². The Morgan fingerprint density at radius 2 is 2.00 bits per heavy atom. The van der Waals surface area contributed by atoms with Gasteiger partial charge in [0.1, 0.15) is 11.2 Å². The maximum Gasteiger partial charge on any atom is 0.271 e. The summed E-state index contributed by atoms with van der Waals surface area (Å²) in [7, 11) is 0. The van der Waals surface area contributed by atoms with E-state index in [0.717, 1.165) is 38.5 Å². The molecule has 1 aliphatic carbocycles. The number of hydrogen-bond acceptors (Lipinski definition) is 4. The molecule has 1 aliphatic rings.